The first kappa shape index (κ1) is 10.6. The summed E-state index contributed by atoms with van der Waals surface area (Å²) in [5.74, 6) is 0.159. The summed E-state index contributed by atoms with van der Waals surface area (Å²) in [7, 11) is 0. The fourth-order valence-electron chi connectivity index (χ4n) is 1.73. The topological polar surface area (TPSA) is 34.9 Å². The van der Waals surface area contributed by atoms with Gasteiger partial charge in [0.1, 0.15) is 9.16 Å². The van der Waals surface area contributed by atoms with Crippen LogP contribution in [0.4, 0.5) is 0 Å². The summed E-state index contributed by atoms with van der Waals surface area (Å²) < 4.78 is 0.940. The number of hydrogen-bond acceptors (Lipinski definition) is 3. The zero-order chi connectivity index (χ0) is 11.3. The monoisotopic (exact) mass is 274 g/mol. The van der Waals surface area contributed by atoms with Crippen molar-refractivity contribution in [1.82, 2.24) is 9.55 Å². The van der Waals surface area contributed by atoms with Gasteiger partial charge < -0.3 is 0 Å². The Labute approximate surface area is 106 Å². The van der Waals surface area contributed by atoms with Crippen molar-refractivity contribution in [2.75, 3.05) is 0 Å². The Morgan fingerprint density at radius 2 is 2.38 bits per heavy atom. The molecule has 2 heterocycles. The normalized spacial score (nSPS) is 22.5. The van der Waals surface area contributed by atoms with Gasteiger partial charge in [-0.3, -0.25) is 9.36 Å². The molecule has 0 amide bonds. The highest BCUT2D eigenvalue weighted by Crippen LogP contribution is 2.53. The van der Waals surface area contributed by atoms with Crippen LogP contribution in [0.5, 0.6) is 0 Å². The Bertz CT molecular complexity index is 604. The van der Waals surface area contributed by atoms with E-state index in [1.54, 1.807) is 17.0 Å². The first-order chi connectivity index (χ1) is 7.58. The molecule has 3 rings (SSSR count). The van der Waals surface area contributed by atoms with Gasteiger partial charge in [-0.05, 0) is 17.9 Å². The number of nitrogens with zero attached hydrogens (tertiary/aromatic N) is 2. The molecule has 1 atom stereocenters. The number of halogens is 2. The van der Waals surface area contributed by atoms with Crippen molar-refractivity contribution >= 4 is 44.8 Å². The van der Waals surface area contributed by atoms with E-state index in [0.29, 0.717) is 11.9 Å². The van der Waals surface area contributed by atoms with Crippen LogP contribution in [0.15, 0.2) is 22.6 Å². The van der Waals surface area contributed by atoms with Crippen LogP contribution in [-0.2, 0) is 6.54 Å². The Hall–Kier alpha value is -0.580. The maximum atomic E-state index is 12.0. The predicted octanol–water partition coefficient (Wildman–Crippen LogP) is 2.65. The molecule has 0 aliphatic heterocycles. The molecule has 16 heavy (non-hydrogen) atoms. The van der Waals surface area contributed by atoms with Gasteiger partial charge in [-0.25, -0.2) is 4.98 Å². The molecule has 2 aromatic rings. The molecule has 0 radical (unpaired) electrons. The molecule has 0 N–H and O–H groups in total. The average molecular weight is 275 g/mol. The van der Waals surface area contributed by atoms with Crippen LogP contribution in [0.2, 0.25) is 0 Å². The van der Waals surface area contributed by atoms with Crippen molar-refractivity contribution in [3.8, 4) is 0 Å². The fourth-order valence-corrected chi connectivity index (χ4v) is 2.96. The van der Waals surface area contributed by atoms with Crippen LogP contribution in [-0.4, -0.2) is 13.9 Å². The van der Waals surface area contributed by atoms with Crippen LogP contribution >= 0.6 is 34.5 Å². The zero-order valence-electron chi connectivity index (χ0n) is 8.19. The Balaban J connectivity index is 1.98. The van der Waals surface area contributed by atoms with E-state index in [4.69, 9.17) is 23.2 Å². The Kier molecular flexibility index (Phi) is 2.28. The molecule has 84 valence electrons. The third kappa shape index (κ3) is 1.65. The van der Waals surface area contributed by atoms with E-state index < -0.39 is 4.33 Å². The molecule has 0 aromatic carbocycles. The lowest BCUT2D eigenvalue weighted by Gasteiger charge is -2.04. The van der Waals surface area contributed by atoms with Gasteiger partial charge in [-0.15, -0.1) is 34.5 Å². The summed E-state index contributed by atoms with van der Waals surface area (Å²) in [5, 5.41) is 2.54. The second-order valence-corrected chi connectivity index (χ2v) is 6.44. The quantitative estimate of drug-likeness (QED) is 0.790. The SMILES string of the molecule is O=c1c2ccsc2ncn1CC1CC1(Cl)Cl. The third-order valence-corrected chi connectivity index (χ3v) is 4.57. The van der Waals surface area contributed by atoms with Gasteiger partial charge in [0, 0.05) is 12.5 Å². The molecule has 0 spiro atoms. The van der Waals surface area contributed by atoms with Crippen LogP contribution in [0.3, 0.4) is 0 Å². The van der Waals surface area contributed by atoms with E-state index in [2.05, 4.69) is 4.98 Å². The number of alkyl halides is 2. The summed E-state index contributed by atoms with van der Waals surface area (Å²) in [6, 6.07) is 1.80. The fraction of sp³-hybridized carbons (Fsp3) is 0.400. The molecular weight excluding hydrogens is 267 g/mol. The summed E-state index contributed by atoms with van der Waals surface area (Å²) in [6.45, 7) is 0.546. The summed E-state index contributed by atoms with van der Waals surface area (Å²) in [4.78, 5) is 17.0. The zero-order valence-corrected chi connectivity index (χ0v) is 10.5. The van der Waals surface area contributed by atoms with Crippen LogP contribution in [0.1, 0.15) is 6.42 Å². The van der Waals surface area contributed by atoms with Crippen LogP contribution in [0.25, 0.3) is 10.2 Å². The molecule has 1 fully saturated rings. The van der Waals surface area contributed by atoms with Gasteiger partial charge in [0.05, 0.1) is 11.7 Å². The van der Waals surface area contributed by atoms with Crippen LogP contribution in [0, 0.1) is 5.92 Å². The summed E-state index contributed by atoms with van der Waals surface area (Å²) >= 11 is 13.3. The van der Waals surface area contributed by atoms with Gasteiger partial charge >= 0.3 is 0 Å². The van der Waals surface area contributed by atoms with Gasteiger partial charge in [-0.1, -0.05) is 0 Å². The minimum Gasteiger partial charge on any atom is -0.298 e. The number of aromatic nitrogens is 2. The molecule has 0 bridgehead atoms. The Morgan fingerprint density at radius 3 is 3.06 bits per heavy atom. The maximum absolute atomic E-state index is 12.0. The van der Waals surface area contributed by atoms with Crippen molar-refractivity contribution in [2.24, 2.45) is 5.92 Å². The smallest absolute Gasteiger partial charge is 0.262 e. The van der Waals surface area contributed by atoms with E-state index in [0.717, 1.165) is 11.3 Å². The lowest BCUT2D eigenvalue weighted by molar-refractivity contribution is 0.597. The van der Waals surface area contributed by atoms with Gasteiger partial charge in [0.25, 0.3) is 5.56 Å². The minimum atomic E-state index is -0.650. The standard InChI is InChI=1S/C10H8Cl2N2OS/c11-10(12)3-6(10)4-14-5-13-8-7(9(14)15)1-2-16-8/h1-2,5-6H,3-4H2. The second-order valence-electron chi connectivity index (χ2n) is 4.00. The van der Waals surface area contributed by atoms with E-state index in [1.165, 1.54) is 11.3 Å². The molecular formula is C10H8Cl2N2OS. The van der Waals surface area contributed by atoms with Gasteiger partial charge in [0.2, 0.25) is 0 Å². The molecule has 6 heteroatoms. The first-order valence-electron chi connectivity index (χ1n) is 4.88. The molecule has 1 unspecified atom stereocenters. The number of rotatable bonds is 2. The van der Waals surface area contributed by atoms with Crippen LogP contribution < -0.4 is 5.56 Å². The molecule has 2 aromatic heterocycles. The summed E-state index contributed by atoms with van der Waals surface area (Å²) in [6.07, 6.45) is 2.31. The highest BCUT2D eigenvalue weighted by molar-refractivity contribution is 7.16. The van der Waals surface area contributed by atoms with Crippen molar-refractivity contribution in [3.05, 3.63) is 28.1 Å². The predicted molar refractivity (Wildman–Crippen MR) is 66.4 cm³/mol. The van der Waals surface area contributed by atoms with Crippen molar-refractivity contribution in [2.45, 2.75) is 17.3 Å². The highest BCUT2D eigenvalue weighted by atomic mass is 35.5. The van der Waals surface area contributed by atoms with Crippen molar-refractivity contribution in [3.63, 3.8) is 0 Å². The third-order valence-electron chi connectivity index (χ3n) is 2.82. The number of hydrogen-bond donors (Lipinski definition) is 0. The maximum Gasteiger partial charge on any atom is 0.262 e. The largest absolute Gasteiger partial charge is 0.298 e. The molecule has 3 nitrogen and oxygen atoms in total. The highest BCUT2D eigenvalue weighted by Gasteiger charge is 2.51. The molecule has 1 aliphatic rings. The number of thiophene rings is 1. The molecule has 1 saturated carbocycles. The Morgan fingerprint density at radius 1 is 1.62 bits per heavy atom. The van der Waals surface area contributed by atoms with E-state index >= 15 is 0 Å². The lowest BCUT2D eigenvalue weighted by atomic mass is 10.4. The minimum absolute atomic E-state index is 0.0118. The van der Waals surface area contributed by atoms with Gasteiger partial charge in [0.15, 0.2) is 0 Å². The molecule has 1 aliphatic carbocycles. The van der Waals surface area contributed by atoms with Crippen molar-refractivity contribution in [1.29, 1.82) is 0 Å². The van der Waals surface area contributed by atoms with E-state index in [-0.39, 0.29) is 11.5 Å². The van der Waals surface area contributed by atoms with Gasteiger partial charge in [-0.2, -0.15) is 0 Å². The van der Waals surface area contributed by atoms with Crippen molar-refractivity contribution < 1.29 is 0 Å². The van der Waals surface area contributed by atoms with E-state index in [9.17, 15) is 4.79 Å². The average Bonchev–Trinajstić information content (AvgIpc) is 2.66. The van der Waals surface area contributed by atoms with E-state index in [1.807, 2.05) is 5.38 Å². The lowest BCUT2D eigenvalue weighted by Crippen LogP contribution is -2.21. The molecule has 0 saturated heterocycles. The summed E-state index contributed by atoms with van der Waals surface area (Å²) in [5.41, 5.74) is -0.0118. The number of fused-ring (bicyclic) bond motifs is 1. The first-order valence-corrected chi connectivity index (χ1v) is 6.52. The second kappa shape index (κ2) is 3.45.